The number of halogens is 1. The van der Waals surface area contributed by atoms with Crippen molar-refractivity contribution in [2.24, 2.45) is 0 Å². The highest BCUT2D eigenvalue weighted by atomic mass is 19.1. The second-order valence-electron chi connectivity index (χ2n) is 6.65. The second kappa shape index (κ2) is 10.6. The van der Waals surface area contributed by atoms with Crippen molar-refractivity contribution in [1.29, 1.82) is 0 Å². The molecule has 0 radical (unpaired) electrons. The molecule has 0 aliphatic heterocycles. The van der Waals surface area contributed by atoms with Gasteiger partial charge in [-0.25, -0.2) is 4.39 Å². The first-order valence-corrected chi connectivity index (χ1v) is 9.44. The van der Waals surface area contributed by atoms with E-state index in [0.717, 1.165) is 18.6 Å². The van der Waals surface area contributed by atoms with Gasteiger partial charge >= 0.3 is 0 Å². The number of carbonyl (C=O) groups excluding carboxylic acids is 1. The summed E-state index contributed by atoms with van der Waals surface area (Å²) < 4.78 is 24.8. The van der Waals surface area contributed by atoms with Crippen molar-refractivity contribution in [2.45, 2.75) is 52.2 Å². The molecule has 0 heterocycles. The predicted molar refractivity (Wildman–Crippen MR) is 105 cm³/mol. The van der Waals surface area contributed by atoms with Gasteiger partial charge in [0, 0.05) is 6.54 Å². The monoisotopic (exact) mass is 373 g/mol. The molecule has 0 saturated heterocycles. The molecule has 2 aromatic rings. The van der Waals surface area contributed by atoms with Crippen LogP contribution in [-0.2, 0) is 11.2 Å². The Kier molecular flexibility index (Phi) is 8.11. The van der Waals surface area contributed by atoms with Gasteiger partial charge in [-0.3, -0.25) is 4.79 Å². The average Bonchev–Trinajstić information content (AvgIpc) is 2.65. The number of hydrogen-bond acceptors (Lipinski definition) is 3. The molecule has 0 aliphatic carbocycles. The Balaban J connectivity index is 1.75. The standard InChI is InChI=1S/C22H28FNO3/c1-4-20(27-21-10-6-5-9-19(21)23)22(25)24-15-7-8-17-11-13-18(14-12-17)26-16(2)3/h5-6,9-14,16,20H,4,7-8,15H2,1-3H3,(H,24,25)/t20-/m1/s1. The Hall–Kier alpha value is -2.56. The van der Waals surface area contributed by atoms with Crippen molar-refractivity contribution in [3.05, 3.63) is 59.9 Å². The second-order valence-corrected chi connectivity index (χ2v) is 6.65. The van der Waals surface area contributed by atoms with Crippen LogP contribution in [0, 0.1) is 5.82 Å². The fraction of sp³-hybridized carbons (Fsp3) is 0.409. The molecule has 146 valence electrons. The predicted octanol–water partition coefficient (Wildman–Crippen LogP) is 4.52. The van der Waals surface area contributed by atoms with Gasteiger partial charge in [0.2, 0.25) is 0 Å². The van der Waals surface area contributed by atoms with E-state index in [2.05, 4.69) is 5.32 Å². The van der Waals surface area contributed by atoms with Gasteiger partial charge in [0.1, 0.15) is 5.75 Å². The number of ether oxygens (including phenoxy) is 2. The summed E-state index contributed by atoms with van der Waals surface area (Å²) in [6, 6.07) is 14.1. The summed E-state index contributed by atoms with van der Waals surface area (Å²) >= 11 is 0. The van der Waals surface area contributed by atoms with E-state index >= 15 is 0 Å². The largest absolute Gasteiger partial charge is 0.491 e. The Labute approximate surface area is 160 Å². The number of nitrogens with one attached hydrogen (secondary N) is 1. The van der Waals surface area contributed by atoms with Gasteiger partial charge in [-0.15, -0.1) is 0 Å². The Morgan fingerprint density at radius 3 is 2.41 bits per heavy atom. The fourth-order valence-electron chi connectivity index (χ4n) is 2.64. The maximum Gasteiger partial charge on any atom is 0.261 e. The summed E-state index contributed by atoms with van der Waals surface area (Å²) in [4.78, 5) is 12.3. The number of aryl methyl sites for hydroxylation is 1. The van der Waals surface area contributed by atoms with Crippen LogP contribution in [-0.4, -0.2) is 24.7 Å². The third-order valence-electron chi connectivity index (χ3n) is 4.01. The maximum absolute atomic E-state index is 13.7. The third-order valence-corrected chi connectivity index (χ3v) is 4.01. The third kappa shape index (κ3) is 6.93. The molecule has 0 bridgehead atoms. The molecular weight excluding hydrogens is 345 g/mol. The van der Waals surface area contributed by atoms with E-state index in [0.29, 0.717) is 13.0 Å². The van der Waals surface area contributed by atoms with E-state index in [9.17, 15) is 9.18 Å². The lowest BCUT2D eigenvalue weighted by Crippen LogP contribution is -2.38. The van der Waals surface area contributed by atoms with Gasteiger partial charge in [0.15, 0.2) is 17.7 Å². The Bertz CT molecular complexity index is 716. The number of para-hydroxylation sites is 1. The summed E-state index contributed by atoms with van der Waals surface area (Å²) in [5.74, 6) is 0.274. The topological polar surface area (TPSA) is 47.6 Å². The summed E-state index contributed by atoms with van der Waals surface area (Å²) in [6.45, 7) is 6.37. The normalized spacial score (nSPS) is 11.9. The lowest BCUT2D eigenvalue weighted by molar-refractivity contribution is -0.128. The molecular formula is C22H28FNO3. The molecule has 1 atom stereocenters. The van der Waals surface area contributed by atoms with Gasteiger partial charge in [0.05, 0.1) is 6.10 Å². The van der Waals surface area contributed by atoms with Crippen molar-refractivity contribution in [3.63, 3.8) is 0 Å². The fourth-order valence-corrected chi connectivity index (χ4v) is 2.64. The van der Waals surface area contributed by atoms with Crippen LogP contribution in [0.15, 0.2) is 48.5 Å². The lowest BCUT2D eigenvalue weighted by atomic mass is 10.1. The number of carbonyl (C=O) groups is 1. The molecule has 0 aliphatic rings. The summed E-state index contributed by atoms with van der Waals surface area (Å²) in [6.07, 6.45) is 1.59. The van der Waals surface area contributed by atoms with Crippen molar-refractivity contribution in [3.8, 4) is 11.5 Å². The molecule has 0 aromatic heterocycles. The Morgan fingerprint density at radius 1 is 1.07 bits per heavy atom. The summed E-state index contributed by atoms with van der Waals surface area (Å²) in [5.41, 5.74) is 1.19. The van der Waals surface area contributed by atoms with Crippen molar-refractivity contribution < 1.29 is 18.7 Å². The van der Waals surface area contributed by atoms with E-state index in [1.54, 1.807) is 12.1 Å². The molecule has 2 rings (SSSR count). The minimum Gasteiger partial charge on any atom is -0.491 e. The zero-order chi connectivity index (χ0) is 19.6. The molecule has 0 unspecified atom stereocenters. The smallest absolute Gasteiger partial charge is 0.261 e. The Morgan fingerprint density at radius 2 is 1.78 bits per heavy atom. The first-order chi connectivity index (χ1) is 13.0. The van der Waals surface area contributed by atoms with Crippen molar-refractivity contribution in [2.75, 3.05) is 6.54 Å². The molecule has 0 fully saturated rings. The summed E-state index contributed by atoms with van der Waals surface area (Å²) in [7, 11) is 0. The molecule has 5 heteroatoms. The summed E-state index contributed by atoms with van der Waals surface area (Å²) in [5, 5.41) is 2.87. The molecule has 1 amide bonds. The quantitative estimate of drug-likeness (QED) is 0.623. The molecule has 4 nitrogen and oxygen atoms in total. The minimum atomic E-state index is -0.700. The van der Waals surface area contributed by atoms with Crippen molar-refractivity contribution in [1.82, 2.24) is 5.32 Å². The van der Waals surface area contributed by atoms with Gasteiger partial charge < -0.3 is 14.8 Å². The van der Waals surface area contributed by atoms with Crippen LogP contribution in [0.25, 0.3) is 0 Å². The highest BCUT2D eigenvalue weighted by Gasteiger charge is 2.19. The molecule has 1 N–H and O–H groups in total. The number of amides is 1. The first kappa shape index (κ1) is 20.7. The highest BCUT2D eigenvalue weighted by Crippen LogP contribution is 2.18. The SMILES string of the molecule is CC[C@@H](Oc1ccccc1F)C(=O)NCCCc1ccc(OC(C)C)cc1. The van der Waals surface area contributed by atoms with Crippen LogP contribution >= 0.6 is 0 Å². The van der Waals surface area contributed by atoms with Crippen LogP contribution in [0.4, 0.5) is 4.39 Å². The van der Waals surface area contributed by atoms with Crippen LogP contribution in [0.1, 0.15) is 39.2 Å². The van der Waals surface area contributed by atoms with Gasteiger partial charge in [-0.05, 0) is 62.9 Å². The van der Waals surface area contributed by atoms with Gasteiger partial charge in [0.25, 0.3) is 5.91 Å². The van der Waals surface area contributed by atoms with E-state index < -0.39 is 11.9 Å². The number of benzene rings is 2. The number of rotatable bonds is 10. The number of hydrogen-bond donors (Lipinski definition) is 1. The van der Waals surface area contributed by atoms with Crippen molar-refractivity contribution >= 4 is 5.91 Å². The molecule has 0 saturated carbocycles. The highest BCUT2D eigenvalue weighted by molar-refractivity contribution is 5.81. The van der Waals surface area contributed by atoms with E-state index in [-0.39, 0.29) is 17.8 Å². The van der Waals surface area contributed by atoms with Crippen LogP contribution in [0.3, 0.4) is 0 Å². The zero-order valence-corrected chi connectivity index (χ0v) is 16.2. The van der Waals surface area contributed by atoms with E-state index in [1.165, 1.54) is 17.7 Å². The van der Waals surface area contributed by atoms with Crippen LogP contribution in [0.2, 0.25) is 0 Å². The van der Waals surface area contributed by atoms with Crippen LogP contribution in [0.5, 0.6) is 11.5 Å². The zero-order valence-electron chi connectivity index (χ0n) is 16.2. The van der Waals surface area contributed by atoms with E-state index in [4.69, 9.17) is 9.47 Å². The molecule has 2 aromatic carbocycles. The average molecular weight is 373 g/mol. The minimum absolute atomic E-state index is 0.100. The first-order valence-electron chi connectivity index (χ1n) is 9.44. The lowest BCUT2D eigenvalue weighted by Gasteiger charge is -2.17. The van der Waals surface area contributed by atoms with Crippen LogP contribution < -0.4 is 14.8 Å². The van der Waals surface area contributed by atoms with Gasteiger partial charge in [-0.1, -0.05) is 31.2 Å². The van der Waals surface area contributed by atoms with Gasteiger partial charge in [-0.2, -0.15) is 0 Å². The molecule has 0 spiro atoms. The molecule has 27 heavy (non-hydrogen) atoms. The maximum atomic E-state index is 13.7. The van der Waals surface area contributed by atoms with E-state index in [1.807, 2.05) is 45.0 Å².